The maximum Gasteiger partial charge on any atom is 0.319 e. The van der Waals surface area contributed by atoms with Crippen molar-refractivity contribution in [1.82, 2.24) is 5.32 Å². The number of methoxy groups -OCH3 is 3. The van der Waals surface area contributed by atoms with Crippen molar-refractivity contribution in [2.24, 2.45) is 5.92 Å². The van der Waals surface area contributed by atoms with Gasteiger partial charge in [-0.15, -0.1) is 0 Å². The van der Waals surface area contributed by atoms with Crippen molar-refractivity contribution in [3.8, 4) is 23.0 Å². The second-order valence-corrected chi connectivity index (χ2v) is 7.25. The summed E-state index contributed by atoms with van der Waals surface area (Å²) in [6.45, 7) is 3.42. The summed E-state index contributed by atoms with van der Waals surface area (Å²) in [6, 6.07) is 10.4. The topological polar surface area (TPSA) is 98.4 Å². The lowest BCUT2D eigenvalue weighted by Gasteiger charge is -2.18. The summed E-state index contributed by atoms with van der Waals surface area (Å²) in [7, 11) is 4.53. The van der Waals surface area contributed by atoms with Crippen LogP contribution in [0.1, 0.15) is 13.3 Å². The van der Waals surface area contributed by atoms with Crippen LogP contribution in [-0.4, -0.2) is 53.0 Å². The number of urea groups is 1. The van der Waals surface area contributed by atoms with Gasteiger partial charge in [0.2, 0.25) is 11.7 Å². The molecule has 0 aliphatic carbocycles. The van der Waals surface area contributed by atoms with E-state index in [1.54, 1.807) is 17.0 Å². The first-order chi connectivity index (χ1) is 15.5. The van der Waals surface area contributed by atoms with Gasteiger partial charge < -0.3 is 34.5 Å². The van der Waals surface area contributed by atoms with E-state index in [4.69, 9.17) is 18.9 Å². The van der Waals surface area contributed by atoms with E-state index < -0.39 is 0 Å². The molecule has 32 heavy (non-hydrogen) atoms. The van der Waals surface area contributed by atoms with Crippen LogP contribution < -0.4 is 34.5 Å². The quantitative estimate of drug-likeness (QED) is 0.617. The van der Waals surface area contributed by atoms with Gasteiger partial charge in [0.25, 0.3) is 0 Å². The van der Waals surface area contributed by atoms with E-state index >= 15 is 0 Å². The minimum Gasteiger partial charge on any atom is -0.494 e. The smallest absolute Gasteiger partial charge is 0.319 e. The Labute approximate surface area is 187 Å². The molecule has 1 atom stereocenters. The van der Waals surface area contributed by atoms with Gasteiger partial charge in [-0.25, -0.2) is 4.79 Å². The molecular weight excluding hydrogens is 414 g/mol. The summed E-state index contributed by atoms with van der Waals surface area (Å²) < 4.78 is 21.3. The Morgan fingerprint density at radius 1 is 1.06 bits per heavy atom. The predicted octanol–water partition coefficient (Wildman–Crippen LogP) is 3.29. The fourth-order valence-electron chi connectivity index (χ4n) is 3.62. The standard InChI is InChI=1S/C23H29N3O6/c1-5-32-18-8-6-17(7-9-18)26-14-15(10-21(26)27)13-24-23(28)25-16-11-19(29-2)22(31-4)20(12-16)30-3/h6-9,11-12,15H,5,10,13-14H2,1-4H3,(H2,24,25,28)/t15-/m1/s1. The molecule has 9 nitrogen and oxygen atoms in total. The number of rotatable bonds is 9. The molecule has 0 radical (unpaired) electrons. The number of amides is 3. The average Bonchev–Trinajstić information content (AvgIpc) is 3.18. The molecular formula is C23H29N3O6. The lowest BCUT2D eigenvalue weighted by Crippen LogP contribution is -2.34. The molecule has 1 heterocycles. The molecule has 0 unspecified atom stereocenters. The van der Waals surface area contributed by atoms with Crippen molar-refractivity contribution in [2.45, 2.75) is 13.3 Å². The van der Waals surface area contributed by atoms with Crippen LogP contribution in [-0.2, 0) is 4.79 Å². The third kappa shape index (κ3) is 5.35. The lowest BCUT2D eigenvalue weighted by atomic mass is 10.1. The molecule has 0 bridgehead atoms. The fourth-order valence-corrected chi connectivity index (χ4v) is 3.62. The van der Waals surface area contributed by atoms with Gasteiger partial charge in [0.1, 0.15) is 5.75 Å². The van der Waals surface area contributed by atoms with Crippen LogP contribution in [0.5, 0.6) is 23.0 Å². The SMILES string of the molecule is CCOc1ccc(N2C[C@@H](CNC(=O)Nc3cc(OC)c(OC)c(OC)c3)CC2=O)cc1. The molecule has 1 aliphatic rings. The molecule has 3 amide bonds. The van der Waals surface area contributed by atoms with Crippen molar-refractivity contribution < 1.29 is 28.5 Å². The molecule has 0 spiro atoms. The van der Waals surface area contributed by atoms with E-state index in [-0.39, 0.29) is 17.9 Å². The number of benzene rings is 2. The van der Waals surface area contributed by atoms with Crippen LogP contribution in [0.2, 0.25) is 0 Å². The van der Waals surface area contributed by atoms with Gasteiger partial charge in [0.15, 0.2) is 11.5 Å². The molecule has 2 N–H and O–H groups in total. The van der Waals surface area contributed by atoms with Gasteiger partial charge in [-0.05, 0) is 31.2 Å². The number of nitrogens with zero attached hydrogens (tertiary/aromatic N) is 1. The van der Waals surface area contributed by atoms with Gasteiger partial charge >= 0.3 is 6.03 Å². The summed E-state index contributed by atoms with van der Waals surface area (Å²) >= 11 is 0. The van der Waals surface area contributed by atoms with Crippen molar-refractivity contribution in [3.05, 3.63) is 36.4 Å². The molecule has 1 saturated heterocycles. The molecule has 0 saturated carbocycles. The summed E-state index contributed by atoms with van der Waals surface area (Å²) in [4.78, 5) is 26.6. The number of anilines is 2. The third-order valence-corrected chi connectivity index (χ3v) is 5.14. The summed E-state index contributed by atoms with van der Waals surface area (Å²) in [6.07, 6.45) is 0.373. The molecule has 3 rings (SSSR count). The maximum absolute atomic E-state index is 12.5. The minimum atomic E-state index is -0.383. The first kappa shape index (κ1) is 23.1. The fraction of sp³-hybridized carbons (Fsp3) is 0.391. The third-order valence-electron chi connectivity index (χ3n) is 5.14. The summed E-state index contributed by atoms with van der Waals surface area (Å²) in [5.74, 6) is 2.14. The largest absolute Gasteiger partial charge is 0.494 e. The first-order valence-corrected chi connectivity index (χ1v) is 10.4. The number of hydrogen-bond acceptors (Lipinski definition) is 6. The van der Waals surface area contributed by atoms with E-state index in [1.807, 2.05) is 31.2 Å². The number of hydrogen-bond donors (Lipinski definition) is 2. The summed E-state index contributed by atoms with van der Waals surface area (Å²) in [5, 5.41) is 5.59. The minimum absolute atomic E-state index is 0.0137. The zero-order valence-electron chi connectivity index (χ0n) is 18.8. The van der Waals surface area contributed by atoms with Crippen LogP contribution in [0.15, 0.2) is 36.4 Å². The van der Waals surface area contributed by atoms with Gasteiger partial charge in [-0.2, -0.15) is 0 Å². The Morgan fingerprint density at radius 3 is 2.28 bits per heavy atom. The first-order valence-electron chi connectivity index (χ1n) is 10.4. The van der Waals surface area contributed by atoms with Crippen LogP contribution in [0, 0.1) is 5.92 Å². The average molecular weight is 444 g/mol. The van der Waals surface area contributed by atoms with Crippen molar-refractivity contribution >= 4 is 23.3 Å². The summed E-state index contributed by atoms with van der Waals surface area (Å²) in [5.41, 5.74) is 1.32. The Morgan fingerprint density at radius 2 is 1.72 bits per heavy atom. The maximum atomic E-state index is 12.5. The second kappa shape index (κ2) is 10.6. The van der Waals surface area contributed by atoms with E-state index in [1.165, 1.54) is 21.3 Å². The Kier molecular flexibility index (Phi) is 7.64. The van der Waals surface area contributed by atoms with Crippen LogP contribution in [0.25, 0.3) is 0 Å². The second-order valence-electron chi connectivity index (χ2n) is 7.25. The lowest BCUT2D eigenvalue weighted by molar-refractivity contribution is -0.117. The highest BCUT2D eigenvalue weighted by Gasteiger charge is 2.30. The molecule has 2 aromatic carbocycles. The zero-order chi connectivity index (χ0) is 23.1. The van der Waals surface area contributed by atoms with E-state index in [9.17, 15) is 9.59 Å². The van der Waals surface area contributed by atoms with E-state index in [0.717, 1.165) is 11.4 Å². The number of carbonyl (C=O) groups is 2. The van der Waals surface area contributed by atoms with Crippen molar-refractivity contribution in [2.75, 3.05) is 51.2 Å². The van der Waals surface area contributed by atoms with Crippen LogP contribution in [0.4, 0.5) is 16.2 Å². The Balaban J connectivity index is 1.56. The van der Waals surface area contributed by atoms with Gasteiger partial charge in [-0.3, -0.25) is 4.79 Å². The zero-order valence-corrected chi connectivity index (χ0v) is 18.8. The monoisotopic (exact) mass is 443 g/mol. The molecule has 0 aromatic heterocycles. The number of nitrogens with one attached hydrogen (secondary N) is 2. The number of ether oxygens (including phenoxy) is 4. The van der Waals surface area contributed by atoms with Gasteiger partial charge in [0.05, 0.1) is 33.6 Å². The van der Waals surface area contributed by atoms with Crippen LogP contribution in [0.3, 0.4) is 0 Å². The molecule has 2 aromatic rings. The Bertz CT molecular complexity index is 922. The van der Waals surface area contributed by atoms with E-state index in [0.29, 0.717) is 49.1 Å². The number of carbonyl (C=O) groups excluding carboxylic acids is 2. The highest BCUT2D eigenvalue weighted by atomic mass is 16.5. The predicted molar refractivity (Wildman–Crippen MR) is 121 cm³/mol. The van der Waals surface area contributed by atoms with Crippen molar-refractivity contribution in [1.29, 1.82) is 0 Å². The normalized spacial score (nSPS) is 15.3. The van der Waals surface area contributed by atoms with E-state index in [2.05, 4.69) is 10.6 Å². The molecule has 172 valence electrons. The van der Waals surface area contributed by atoms with Crippen LogP contribution >= 0.6 is 0 Å². The van der Waals surface area contributed by atoms with Gasteiger partial charge in [-0.1, -0.05) is 0 Å². The highest BCUT2D eigenvalue weighted by molar-refractivity contribution is 5.96. The van der Waals surface area contributed by atoms with Gasteiger partial charge in [0, 0.05) is 43.2 Å². The molecule has 1 fully saturated rings. The molecule has 1 aliphatic heterocycles. The molecule has 9 heteroatoms. The van der Waals surface area contributed by atoms with Crippen molar-refractivity contribution in [3.63, 3.8) is 0 Å². The Hall–Kier alpha value is -3.62. The highest BCUT2D eigenvalue weighted by Crippen LogP contribution is 2.39.